The third kappa shape index (κ3) is 4.02. The van der Waals surface area contributed by atoms with Crippen molar-refractivity contribution >= 4 is 34.4 Å². The maximum Gasteiger partial charge on any atom is 0.350 e. The number of amides is 1. The molecule has 7 nitrogen and oxygen atoms in total. The molecule has 5 rings (SSSR count). The molecule has 1 aromatic heterocycles. The molecule has 2 aliphatic rings. The van der Waals surface area contributed by atoms with E-state index < -0.39 is 0 Å². The third-order valence-electron chi connectivity index (χ3n) is 7.20. The first-order chi connectivity index (χ1) is 17.3. The van der Waals surface area contributed by atoms with Crippen molar-refractivity contribution in [1.82, 2.24) is 14.5 Å². The number of carbonyl (C=O) groups excluding carboxylic acids is 1. The lowest BCUT2D eigenvalue weighted by Crippen LogP contribution is -2.58. The summed E-state index contributed by atoms with van der Waals surface area (Å²) >= 11 is 1.79. The zero-order valence-electron chi connectivity index (χ0n) is 21.2. The highest BCUT2D eigenvalue weighted by Crippen LogP contribution is 2.45. The van der Waals surface area contributed by atoms with Crippen LogP contribution in [-0.4, -0.2) is 65.0 Å². The van der Waals surface area contributed by atoms with Gasteiger partial charge in [0.2, 0.25) is 5.91 Å². The van der Waals surface area contributed by atoms with Gasteiger partial charge >= 0.3 is 5.69 Å². The van der Waals surface area contributed by atoms with Crippen LogP contribution in [0.25, 0.3) is 22.0 Å². The number of hydrogen-bond donors (Lipinski definition) is 0. The van der Waals surface area contributed by atoms with Gasteiger partial charge in [-0.25, -0.2) is 4.79 Å². The summed E-state index contributed by atoms with van der Waals surface area (Å²) < 4.78 is 7.32. The van der Waals surface area contributed by atoms with E-state index in [1.54, 1.807) is 18.9 Å². The number of aromatic nitrogens is 2. The second-order valence-corrected chi connectivity index (χ2v) is 10.8. The molecule has 0 unspecified atom stereocenters. The summed E-state index contributed by atoms with van der Waals surface area (Å²) in [5.41, 5.74) is 4.13. The molecule has 0 N–H and O–H groups in total. The molecule has 3 aromatic rings. The van der Waals surface area contributed by atoms with Crippen LogP contribution in [0.2, 0.25) is 0 Å². The zero-order chi connectivity index (χ0) is 25.6. The topological polar surface area (TPSA) is 67.7 Å². The summed E-state index contributed by atoms with van der Waals surface area (Å²) in [5.74, 6) is 1.37. The third-order valence-corrected chi connectivity index (χ3v) is 8.43. The fourth-order valence-corrected chi connectivity index (χ4v) is 7.15. The predicted octanol–water partition coefficient (Wildman–Crippen LogP) is 4.28. The monoisotopic (exact) mass is 504 g/mol. The van der Waals surface area contributed by atoms with Crippen LogP contribution in [0.5, 0.6) is 0 Å². The van der Waals surface area contributed by atoms with Gasteiger partial charge in [-0.2, -0.15) is 4.98 Å². The highest BCUT2D eigenvalue weighted by molar-refractivity contribution is 7.99. The highest BCUT2D eigenvalue weighted by atomic mass is 32.2. The van der Waals surface area contributed by atoms with Crippen LogP contribution in [0, 0.1) is 6.92 Å². The quantitative estimate of drug-likeness (QED) is 0.484. The summed E-state index contributed by atoms with van der Waals surface area (Å²) in [6.45, 7) is 11.5. The Kier molecular flexibility index (Phi) is 6.66. The number of thioether (sulfide) groups is 1. The number of carbonyl (C=O) groups is 1. The minimum atomic E-state index is -0.256. The van der Waals surface area contributed by atoms with Crippen LogP contribution in [0.4, 0.5) is 5.82 Å². The Hall–Kier alpha value is -3.10. The first-order valence-electron chi connectivity index (χ1n) is 12.3. The van der Waals surface area contributed by atoms with E-state index in [1.165, 1.54) is 6.08 Å². The van der Waals surface area contributed by atoms with E-state index in [1.807, 2.05) is 41.5 Å². The van der Waals surface area contributed by atoms with Gasteiger partial charge in [0.15, 0.2) is 0 Å². The van der Waals surface area contributed by atoms with Crippen LogP contribution in [0.15, 0.2) is 58.7 Å². The summed E-state index contributed by atoms with van der Waals surface area (Å²) in [4.78, 5) is 35.8. The molecule has 188 valence electrons. The van der Waals surface area contributed by atoms with Gasteiger partial charge < -0.3 is 14.5 Å². The minimum absolute atomic E-state index is 0.0359. The fourth-order valence-electron chi connectivity index (χ4n) is 5.78. The van der Waals surface area contributed by atoms with Crippen LogP contribution in [0.3, 0.4) is 0 Å². The molecular weight excluding hydrogens is 472 g/mol. The second kappa shape index (κ2) is 9.75. The van der Waals surface area contributed by atoms with Crippen molar-refractivity contribution in [2.24, 2.45) is 0 Å². The molecular formula is C28H32N4O3S. The van der Waals surface area contributed by atoms with Crippen molar-refractivity contribution in [3.63, 3.8) is 0 Å². The van der Waals surface area contributed by atoms with E-state index in [-0.39, 0.29) is 29.7 Å². The van der Waals surface area contributed by atoms with Crippen LogP contribution < -0.4 is 10.6 Å². The number of piperazine rings is 1. The van der Waals surface area contributed by atoms with E-state index in [4.69, 9.17) is 4.74 Å². The maximum atomic E-state index is 13.6. The van der Waals surface area contributed by atoms with E-state index in [0.717, 1.165) is 38.2 Å². The van der Waals surface area contributed by atoms with E-state index in [2.05, 4.69) is 41.6 Å². The number of anilines is 1. The number of rotatable bonds is 5. The second-order valence-electron chi connectivity index (χ2n) is 9.72. The highest BCUT2D eigenvalue weighted by Gasteiger charge is 2.35. The van der Waals surface area contributed by atoms with Crippen molar-refractivity contribution in [3.05, 3.63) is 65.1 Å². The molecule has 1 saturated heterocycles. The smallest absolute Gasteiger partial charge is 0.350 e. The normalized spacial score (nSPS) is 21.6. The molecule has 3 atom stereocenters. The summed E-state index contributed by atoms with van der Waals surface area (Å²) in [6.07, 6.45) is 1.37. The summed E-state index contributed by atoms with van der Waals surface area (Å²) in [7, 11) is 1.67. The molecule has 0 aliphatic carbocycles. The molecule has 2 aliphatic heterocycles. The van der Waals surface area contributed by atoms with Gasteiger partial charge in [-0.05, 0) is 44.0 Å². The van der Waals surface area contributed by atoms with Crippen molar-refractivity contribution in [1.29, 1.82) is 0 Å². The molecule has 1 amide bonds. The van der Waals surface area contributed by atoms with E-state index >= 15 is 0 Å². The van der Waals surface area contributed by atoms with Crippen LogP contribution in [0.1, 0.15) is 25.5 Å². The number of methoxy groups -OCH3 is 1. The van der Waals surface area contributed by atoms with Crippen molar-refractivity contribution < 1.29 is 9.53 Å². The Morgan fingerprint density at radius 3 is 2.56 bits per heavy atom. The van der Waals surface area contributed by atoms with Crippen LogP contribution >= 0.6 is 11.8 Å². The van der Waals surface area contributed by atoms with Gasteiger partial charge in [-0.1, -0.05) is 36.9 Å². The van der Waals surface area contributed by atoms with Gasteiger partial charge in [0.1, 0.15) is 5.82 Å². The van der Waals surface area contributed by atoms with Crippen LogP contribution in [-0.2, 0) is 9.53 Å². The van der Waals surface area contributed by atoms with Gasteiger partial charge in [-0.3, -0.25) is 9.36 Å². The number of aryl methyl sites for hydroxylation is 1. The Morgan fingerprint density at radius 2 is 1.92 bits per heavy atom. The standard InChI is InChI=1S/C28H32N4O3S/c1-6-23(33)31-18(3)13-30(14-19(31)4)27-22-12-17(2)24(20-10-8-7-9-11-20)26-25(22)32(28(34)29-27)21(15-35-5)16-36-26/h6-12,18-19,21H,1,13-16H2,2-5H3/t18-,19+,21-/m0/s1. The SMILES string of the molecule is C=CC(=O)N1[C@H](C)CN(c2nc(=O)n3c4c(c(-c5ccccc5)c(C)cc24)SC[C@@H]3COC)C[C@@H]1C. The average Bonchev–Trinajstić information content (AvgIpc) is 2.86. The molecule has 0 radical (unpaired) electrons. The van der Waals surface area contributed by atoms with Gasteiger partial charge in [0.25, 0.3) is 0 Å². The number of hydrogen-bond acceptors (Lipinski definition) is 6. The Labute approximate surface area is 215 Å². The molecule has 8 heteroatoms. The largest absolute Gasteiger partial charge is 0.383 e. The average molecular weight is 505 g/mol. The van der Waals surface area contributed by atoms with E-state index in [0.29, 0.717) is 25.5 Å². The molecule has 1 fully saturated rings. The van der Waals surface area contributed by atoms with Gasteiger partial charge in [0.05, 0.1) is 18.2 Å². The zero-order valence-corrected chi connectivity index (χ0v) is 22.0. The lowest BCUT2D eigenvalue weighted by atomic mass is 9.97. The Bertz CT molecular complexity index is 1380. The minimum Gasteiger partial charge on any atom is -0.383 e. The maximum absolute atomic E-state index is 13.6. The van der Waals surface area contributed by atoms with Crippen molar-refractivity contribution in [2.45, 2.75) is 43.8 Å². The number of ether oxygens (including phenoxy) is 1. The Balaban J connectivity index is 1.73. The first-order valence-corrected chi connectivity index (χ1v) is 13.3. The lowest BCUT2D eigenvalue weighted by molar-refractivity contribution is -0.130. The Morgan fingerprint density at radius 1 is 1.22 bits per heavy atom. The molecule has 0 spiro atoms. The van der Waals surface area contributed by atoms with Gasteiger partial charge in [-0.15, -0.1) is 11.8 Å². The molecule has 3 heterocycles. The number of benzene rings is 2. The lowest BCUT2D eigenvalue weighted by Gasteiger charge is -2.45. The molecule has 0 bridgehead atoms. The summed E-state index contributed by atoms with van der Waals surface area (Å²) in [5, 5.41) is 0.970. The first kappa shape index (κ1) is 24.6. The van der Waals surface area contributed by atoms with Gasteiger partial charge in [0, 0.05) is 53.9 Å². The number of nitrogens with zero attached hydrogens (tertiary/aromatic N) is 4. The van der Waals surface area contributed by atoms with Crippen molar-refractivity contribution in [2.75, 3.05) is 37.5 Å². The van der Waals surface area contributed by atoms with E-state index in [9.17, 15) is 9.59 Å². The fraction of sp³-hybridized carbons (Fsp3) is 0.393. The predicted molar refractivity (Wildman–Crippen MR) is 146 cm³/mol. The summed E-state index contributed by atoms with van der Waals surface area (Å²) in [6, 6.07) is 12.4. The molecule has 36 heavy (non-hydrogen) atoms. The van der Waals surface area contributed by atoms with Crippen molar-refractivity contribution in [3.8, 4) is 11.1 Å². The molecule has 2 aromatic carbocycles. The molecule has 0 saturated carbocycles.